The minimum Gasteiger partial charge on any atom is -0.349 e. The molecule has 0 spiro atoms. The summed E-state index contributed by atoms with van der Waals surface area (Å²) in [6.45, 7) is 4.57. The Hall–Kier alpha value is -4.80. The molecule has 0 bridgehead atoms. The van der Waals surface area contributed by atoms with Crippen molar-refractivity contribution in [3.63, 3.8) is 0 Å². The second-order valence-electron chi connectivity index (χ2n) is 12.8. The van der Waals surface area contributed by atoms with Gasteiger partial charge in [0.05, 0.1) is 0 Å². The fourth-order valence-electron chi connectivity index (χ4n) is 6.62. The highest BCUT2D eigenvalue weighted by Gasteiger charge is 2.41. The summed E-state index contributed by atoms with van der Waals surface area (Å²) in [5.74, 6) is 0.903. The summed E-state index contributed by atoms with van der Waals surface area (Å²) in [7, 11) is -0.527. The van der Waals surface area contributed by atoms with Gasteiger partial charge in [0.2, 0.25) is 10.0 Å². The fourth-order valence-corrected chi connectivity index (χ4v) is 8.27. The number of allylic oxidation sites excluding steroid dienone is 3. The van der Waals surface area contributed by atoms with Crippen molar-refractivity contribution >= 4 is 32.5 Å². The molecule has 2 aliphatic rings. The molecule has 0 radical (unpaired) electrons. The minimum absolute atomic E-state index is 0.0922. The van der Waals surface area contributed by atoms with Crippen LogP contribution in [0.25, 0.3) is 27.7 Å². The van der Waals surface area contributed by atoms with Crippen LogP contribution in [-0.4, -0.2) is 75.0 Å². The molecule has 7 rings (SSSR count). The number of amides is 1. The molecule has 9 nitrogen and oxygen atoms in total. The van der Waals surface area contributed by atoms with Gasteiger partial charge >= 0.3 is 0 Å². The lowest BCUT2D eigenvalue weighted by Crippen LogP contribution is -2.38. The van der Waals surface area contributed by atoms with Crippen LogP contribution in [0.1, 0.15) is 46.2 Å². The van der Waals surface area contributed by atoms with Crippen LogP contribution in [0.3, 0.4) is 0 Å². The highest BCUT2D eigenvalue weighted by atomic mass is 32.2. The third kappa shape index (κ3) is 5.72. The van der Waals surface area contributed by atoms with Gasteiger partial charge in [-0.05, 0) is 77.9 Å². The van der Waals surface area contributed by atoms with E-state index < -0.39 is 14.8 Å². The number of fused-ring (bicyclic) bond motifs is 2. The van der Waals surface area contributed by atoms with E-state index in [0.717, 1.165) is 66.0 Å². The zero-order valence-electron chi connectivity index (χ0n) is 26.8. The first-order chi connectivity index (χ1) is 22.6. The van der Waals surface area contributed by atoms with E-state index in [1.807, 2.05) is 48.7 Å². The predicted molar refractivity (Wildman–Crippen MR) is 185 cm³/mol. The summed E-state index contributed by atoms with van der Waals surface area (Å²) in [5, 5.41) is 0.730. The number of hydrogen-bond acceptors (Lipinski definition) is 6. The maximum absolute atomic E-state index is 14.6. The topological polar surface area (TPSA) is 104 Å². The summed E-state index contributed by atoms with van der Waals surface area (Å²) >= 11 is 0. The van der Waals surface area contributed by atoms with E-state index in [1.165, 1.54) is 20.0 Å². The molecule has 47 heavy (non-hydrogen) atoms. The number of benzene rings is 2. The normalized spacial score (nSPS) is 18.2. The van der Waals surface area contributed by atoms with Gasteiger partial charge in [-0.15, -0.1) is 0 Å². The van der Waals surface area contributed by atoms with Gasteiger partial charge < -0.3 is 9.88 Å². The van der Waals surface area contributed by atoms with Crippen molar-refractivity contribution in [2.24, 2.45) is 0 Å². The minimum atomic E-state index is -3.96. The number of nitrogens with zero attached hydrogens (tertiary/aromatic N) is 5. The van der Waals surface area contributed by atoms with Gasteiger partial charge in [0.25, 0.3) is 5.91 Å². The van der Waals surface area contributed by atoms with E-state index in [4.69, 9.17) is 0 Å². The van der Waals surface area contributed by atoms with Crippen LogP contribution < -0.4 is 0 Å². The Labute approximate surface area is 275 Å². The molecule has 4 heterocycles. The molecular formula is C37H38N6O3S. The lowest BCUT2D eigenvalue weighted by molar-refractivity contribution is 0.0827. The van der Waals surface area contributed by atoms with Crippen LogP contribution in [0, 0.1) is 0 Å². The number of H-pyrrole nitrogens is 1. The summed E-state index contributed by atoms with van der Waals surface area (Å²) < 4.78 is 29.3. The summed E-state index contributed by atoms with van der Waals surface area (Å²) in [5.41, 5.74) is 7.02. The SMILES string of the molecule is CN(C)C(=O)c1ccc(-c2cn(S(=O)(=O)C3(C)C=C(c4ccc5c(c4)CN(CCc4ncc[nH]4)CC5)C=CC3)c3ncccc23)cc1. The van der Waals surface area contributed by atoms with E-state index in [2.05, 4.69) is 38.1 Å². The highest BCUT2D eigenvalue weighted by molar-refractivity contribution is 7.91. The predicted octanol–water partition coefficient (Wildman–Crippen LogP) is 5.71. The van der Waals surface area contributed by atoms with Gasteiger partial charge in [0.15, 0.2) is 5.65 Å². The lowest BCUT2D eigenvalue weighted by atomic mass is 9.90. The first kappa shape index (κ1) is 30.8. The molecular weight excluding hydrogens is 609 g/mol. The summed E-state index contributed by atoms with van der Waals surface area (Å²) in [6, 6.07) is 17.5. The Morgan fingerprint density at radius 2 is 1.83 bits per heavy atom. The van der Waals surface area contributed by atoms with Crippen molar-refractivity contribution in [1.29, 1.82) is 0 Å². The number of hydrogen-bond donors (Lipinski definition) is 1. The molecule has 1 amide bonds. The van der Waals surface area contributed by atoms with Crippen LogP contribution >= 0.6 is 0 Å². The van der Waals surface area contributed by atoms with E-state index >= 15 is 0 Å². The fraction of sp³-hybridized carbons (Fsp3) is 0.270. The van der Waals surface area contributed by atoms with E-state index in [-0.39, 0.29) is 5.91 Å². The van der Waals surface area contributed by atoms with Crippen molar-refractivity contribution in [3.8, 4) is 11.1 Å². The Bertz CT molecular complexity index is 2130. The second-order valence-corrected chi connectivity index (χ2v) is 15.1. The zero-order chi connectivity index (χ0) is 32.8. The van der Waals surface area contributed by atoms with Crippen molar-refractivity contribution in [2.75, 3.05) is 27.2 Å². The third-order valence-electron chi connectivity index (χ3n) is 9.36. The van der Waals surface area contributed by atoms with Crippen molar-refractivity contribution < 1.29 is 13.2 Å². The van der Waals surface area contributed by atoms with E-state index in [1.54, 1.807) is 51.7 Å². The van der Waals surface area contributed by atoms with Crippen LogP contribution in [0.5, 0.6) is 0 Å². The van der Waals surface area contributed by atoms with Crippen LogP contribution in [0.15, 0.2) is 97.6 Å². The van der Waals surface area contributed by atoms with E-state index in [9.17, 15) is 13.2 Å². The molecule has 2 aromatic carbocycles. The van der Waals surface area contributed by atoms with Gasteiger partial charge in [-0.1, -0.05) is 42.5 Å². The van der Waals surface area contributed by atoms with Crippen LogP contribution in [0.4, 0.5) is 0 Å². The van der Waals surface area contributed by atoms with Crippen molar-refractivity contribution in [2.45, 2.75) is 37.5 Å². The van der Waals surface area contributed by atoms with Gasteiger partial charge in [-0.25, -0.2) is 22.4 Å². The Morgan fingerprint density at radius 1 is 1.02 bits per heavy atom. The maximum atomic E-state index is 14.6. The standard InChI is InChI=1S/C37H38N6O3S/c1-37(16-4-6-30(23-37)29-13-8-26-14-20-42(24-31(26)22-29)21-15-34-38-18-19-39-34)47(45,46)43-25-33(32-7-5-17-40-35(32)43)27-9-11-28(12-10-27)36(44)41(2)3/h4-13,17-19,22-23,25H,14-16,20-21,24H2,1-3H3,(H,38,39). The summed E-state index contributed by atoms with van der Waals surface area (Å²) in [4.78, 5) is 28.5. The van der Waals surface area contributed by atoms with Gasteiger partial charge in [0, 0.05) is 81.5 Å². The lowest BCUT2D eigenvalue weighted by Gasteiger charge is -2.30. The number of imidazole rings is 1. The molecule has 10 heteroatoms. The Kier molecular flexibility index (Phi) is 7.93. The molecule has 1 atom stereocenters. The Morgan fingerprint density at radius 3 is 2.60 bits per heavy atom. The highest BCUT2D eigenvalue weighted by Crippen LogP contribution is 2.39. The van der Waals surface area contributed by atoms with Crippen LogP contribution in [-0.2, 0) is 29.4 Å². The molecule has 240 valence electrons. The smallest absolute Gasteiger partial charge is 0.253 e. The van der Waals surface area contributed by atoms with Crippen molar-refractivity contribution in [1.82, 2.24) is 28.7 Å². The number of pyridine rings is 1. The van der Waals surface area contributed by atoms with Crippen LogP contribution in [0.2, 0.25) is 0 Å². The number of rotatable bonds is 8. The molecule has 5 aromatic rings. The number of aromatic nitrogens is 4. The van der Waals surface area contributed by atoms with Gasteiger partial charge in [-0.3, -0.25) is 9.69 Å². The van der Waals surface area contributed by atoms with E-state index in [0.29, 0.717) is 17.6 Å². The molecule has 1 N–H and O–H groups in total. The third-order valence-corrected chi connectivity index (χ3v) is 11.6. The number of carbonyl (C=O) groups is 1. The average molecular weight is 647 g/mol. The number of carbonyl (C=O) groups excluding carboxylic acids is 1. The van der Waals surface area contributed by atoms with Gasteiger partial charge in [-0.2, -0.15) is 0 Å². The molecule has 1 aliphatic carbocycles. The number of aromatic amines is 1. The molecule has 1 aliphatic heterocycles. The number of nitrogens with one attached hydrogen (secondary N) is 1. The Balaban J connectivity index is 1.19. The zero-order valence-corrected chi connectivity index (χ0v) is 27.7. The average Bonchev–Trinajstić information content (AvgIpc) is 3.75. The quantitative estimate of drug-likeness (QED) is 0.232. The summed E-state index contributed by atoms with van der Waals surface area (Å²) in [6.07, 6.45) is 15.0. The maximum Gasteiger partial charge on any atom is 0.253 e. The monoisotopic (exact) mass is 646 g/mol. The molecule has 0 saturated heterocycles. The first-order valence-corrected chi connectivity index (χ1v) is 17.3. The van der Waals surface area contributed by atoms with Gasteiger partial charge in [0.1, 0.15) is 10.6 Å². The molecule has 0 saturated carbocycles. The molecule has 0 fully saturated rings. The largest absolute Gasteiger partial charge is 0.349 e. The molecule has 1 unspecified atom stereocenters. The molecule has 3 aromatic heterocycles. The van der Waals surface area contributed by atoms with Crippen molar-refractivity contribution in [3.05, 3.63) is 126 Å². The second kappa shape index (κ2) is 12.1. The first-order valence-electron chi connectivity index (χ1n) is 15.9.